The number of rotatable bonds is 1. The summed E-state index contributed by atoms with van der Waals surface area (Å²) in [6.45, 7) is 6.50. The van der Waals surface area contributed by atoms with Crippen molar-refractivity contribution in [2.75, 3.05) is 11.9 Å². The van der Waals surface area contributed by atoms with E-state index < -0.39 is 0 Å². The van der Waals surface area contributed by atoms with Gasteiger partial charge in [0, 0.05) is 12.6 Å². The zero-order valence-corrected chi connectivity index (χ0v) is 9.70. The molecule has 80 valence electrons. The summed E-state index contributed by atoms with van der Waals surface area (Å²) in [6.07, 6.45) is 0. The highest BCUT2D eigenvalue weighted by molar-refractivity contribution is 5.77. The van der Waals surface area contributed by atoms with E-state index in [-0.39, 0.29) is 5.54 Å². The van der Waals surface area contributed by atoms with Gasteiger partial charge in [-0.15, -0.1) is 0 Å². The Hall–Kier alpha value is -1.51. The first kappa shape index (κ1) is 10.0. The molecule has 15 heavy (non-hydrogen) atoms. The first-order valence-electron chi connectivity index (χ1n) is 5.17. The zero-order chi connectivity index (χ0) is 11.1. The fraction of sp³-hybridized carbons (Fsp3) is 0.417. The highest BCUT2D eigenvalue weighted by atomic mass is 15.3. The predicted octanol–water partition coefficient (Wildman–Crippen LogP) is 2.80. The Morgan fingerprint density at radius 1 is 1.20 bits per heavy atom. The zero-order valence-electron chi connectivity index (χ0n) is 9.70. The molecule has 2 rings (SSSR count). The van der Waals surface area contributed by atoms with Crippen molar-refractivity contribution in [3.63, 3.8) is 0 Å². The maximum atomic E-state index is 4.55. The second kappa shape index (κ2) is 3.26. The van der Waals surface area contributed by atoms with Crippen molar-refractivity contribution in [2.24, 2.45) is 0 Å². The Morgan fingerprint density at radius 3 is 2.47 bits per heavy atom. The molecule has 0 aliphatic heterocycles. The van der Waals surface area contributed by atoms with Crippen LogP contribution in [0.2, 0.25) is 0 Å². The minimum Gasteiger partial charge on any atom is -0.341 e. The molecule has 0 saturated heterocycles. The van der Waals surface area contributed by atoms with Crippen LogP contribution in [0.25, 0.3) is 11.0 Å². The van der Waals surface area contributed by atoms with Crippen molar-refractivity contribution in [1.82, 2.24) is 9.97 Å². The van der Waals surface area contributed by atoms with E-state index in [1.807, 2.05) is 24.3 Å². The van der Waals surface area contributed by atoms with Gasteiger partial charge in [0.25, 0.3) is 0 Å². The van der Waals surface area contributed by atoms with Gasteiger partial charge in [0.05, 0.1) is 11.0 Å². The molecule has 1 N–H and O–H groups in total. The highest BCUT2D eigenvalue weighted by Gasteiger charge is 2.19. The molecule has 0 atom stereocenters. The molecule has 3 nitrogen and oxygen atoms in total. The molecule has 0 aliphatic carbocycles. The number of para-hydroxylation sites is 2. The summed E-state index contributed by atoms with van der Waals surface area (Å²) in [5, 5.41) is 0. The fourth-order valence-electron chi connectivity index (χ4n) is 1.42. The minimum atomic E-state index is 0.0773. The van der Waals surface area contributed by atoms with Gasteiger partial charge in [-0.05, 0) is 32.9 Å². The molecule has 1 aromatic heterocycles. The molecular weight excluding hydrogens is 186 g/mol. The van der Waals surface area contributed by atoms with E-state index in [0.29, 0.717) is 0 Å². The van der Waals surface area contributed by atoms with Gasteiger partial charge >= 0.3 is 0 Å². The maximum absolute atomic E-state index is 4.55. The number of fused-ring (bicyclic) bond motifs is 1. The lowest BCUT2D eigenvalue weighted by atomic mass is 10.1. The van der Waals surface area contributed by atoms with Gasteiger partial charge in [0.15, 0.2) is 0 Å². The van der Waals surface area contributed by atoms with Crippen LogP contribution >= 0.6 is 0 Å². The molecule has 0 aliphatic rings. The van der Waals surface area contributed by atoms with Crippen LogP contribution < -0.4 is 4.90 Å². The van der Waals surface area contributed by atoms with Crippen molar-refractivity contribution in [3.05, 3.63) is 24.3 Å². The Bertz CT molecular complexity index is 432. The average Bonchev–Trinajstić information content (AvgIpc) is 2.58. The number of nitrogens with zero attached hydrogens (tertiary/aromatic N) is 2. The van der Waals surface area contributed by atoms with Crippen molar-refractivity contribution in [1.29, 1.82) is 0 Å². The molecular formula is C12H17N3. The van der Waals surface area contributed by atoms with Gasteiger partial charge in [-0.2, -0.15) is 0 Å². The summed E-state index contributed by atoms with van der Waals surface area (Å²) in [7, 11) is 2.05. The van der Waals surface area contributed by atoms with E-state index >= 15 is 0 Å². The van der Waals surface area contributed by atoms with Gasteiger partial charge in [-0.1, -0.05) is 12.1 Å². The summed E-state index contributed by atoms with van der Waals surface area (Å²) in [5.41, 5.74) is 2.18. The third-order valence-corrected chi connectivity index (χ3v) is 2.70. The highest BCUT2D eigenvalue weighted by Crippen LogP contribution is 2.21. The molecule has 0 fully saturated rings. The Balaban J connectivity index is 2.45. The molecule has 0 saturated carbocycles. The van der Waals surface area contributed by atoms with Crippen LogP contribution in [-0.4, -0.2) is 22.6 Å². The number of hydrogen-bond donors (Lipinski definition) is 1. The smallest absolute Gasteiger partial charge is 0.204 e. The topological polar surface area (TPSA) is 31.9 Å². The third kappa shape index (κ3) is 1.82. The summed E-state index contributed by atoms with van der Waals surface area (Å²) in [5.74, 6) is 0.920. The van der Waals surface area contributed by atoms with Gasteiger partial charge in [-0.25, -0.2) is 4.98 Å². The SMILES string of the molecule is CN(c1nc2ccccc2[nH]1)C(C)(C)C. The fourth-order valence-corrected chi connectivity index (χ4v) is 1.42. The number of H-pyrrole nitrogens is 1. The van der Waals surface area contributed by atoms with E-state index in [4.69, 9.17) is 0 Å². The number of imidazole rings is 1. The van der Waals surface area contributed by atoms with E-state index in [9.17, 15) is 0 Å². The predicted molar refractivity (Wildman–Crippen MR) is 64.2 cm³/mol. The molecule has 0 spiro atoms. The molecule has 0 amide bonds. The van der Waals surface area contributed by atoms with Crippen LogP contribution in [0.1, 0.15) is 20.8 Å². The first-order chi connectivity index (χ1) is 6.98. The van der Waals surface area contributed by atoms with Crippen LogP contribution in [-0.2, 0) is 0 Å². The number of aromatic nitrogens is 2. The molecule has 0 radical (unpaired) electrons. The Morgan fingerprint density at radius 2 is 1.87 bits per heavy atom. The Kier molecular flexibility index (Phi) is 2.18. The van der Waals surface area contributed by atoms with Crippen molar-refractivity contribution in [2.45, 2.75) is 26.3 Å². The molecule has 1 heterocycles. The lowest BCUT2D eigenvalue weighted by Crippen LogP contribution is -2.38. The van der Waals surface area contributed by atoms with Gasteiger partial charge < -0.3 is 9.88 Å². The van der Waals surface area contributed by atoms with E-state index in [1.165, 1.54) is 0 Å². The molecule has 3 heteroatoms. The van der Waals surface area contributed by atoms with Crippen LogP contribution in [0.5, 0.6) is 0 Å². The second-order valence-electron chi connectivity index (χ2n) is 4.81. The van der Waals surface area contributed by atoms with E-state index in [0.717, 1.165) is 17.0 Å². The number of benzene rings is 1. The number of aromatic amines is 1. The number of hydrogen-bond acceptors (Lipinski definition) is 2. The van der Waals surface area contributed by atoms with Crippen molar-refractivity contribution in [3.8, 4) is 0 Å². The van der Waals surface area contributed by atoms with Crippen LogP contribution in [0.15, 0.2) is 24.3 Å². The van der Waals surface area contributed by atoms with Gasteiger partial charge in [0.1, 0.15) is 0 Å². The second-order valence-corrected chi connectivity index (χ2v) is 4.81. The molecule has 2 aromatic rings. The van der Waals surface area contributed by atoms with E-state index in [1.54, 1.807) is 0 Å². The summed E-state index contributed by atoms with van der Waals surface area (Å²) in [4.78, 5) is 10.0. The quantitative estimate of drug-likeness (QED) is 0.772. The normalized spacial score (nSPS) is 12.0. The lowest BCUT2D eigenvalue weighted by Gasteiger charge is -2.31. The summed E-state index contributed by atoms with van der Waals surface area (Å²) < 4.78 is 0. The Labute approximate surface area is 90.1 Å². The van der Waals surface area contributed by atoms with Gasteiger partial charge in [0.2, 0.25) is 5.95 Å². The maximum Gasteiger partial charge on any atom is 0.204 e. The standard InChI is InChI=1S/C12H17N3/c1-12(2,3)15(4)11-13-9-7-5-6-8-10(9)14-11/h5-8H,1-4H3,(H,13,14). The average molecular weight is 203 g/mol. The van der Waals surface area contributed by atoms with Crippen LogP contribution in [0.3, 0.4) is 0 Å². The van der Waals surface area contributed by atoms with Crippen LogP contribution in [0.4, 0.5) is 5.95 Å². The molecule has 0 bridgehead atoms. The monoisotopic (exact) mass is 203 g/mol. The largest absolute Gasteiger partial charge is 0.341 e. The van der Waals surface area contributed by atoms with E-state index in [2.05, 4.69) is 42.7 Å². The third-order valence-electron chi connectivity index (χ3n) is 2.70. The molecule has 0 unspecified atom stereocenters. The van der Waals surface area contributed by atoms with Crippen molar-refractivity contribution >= 4 is 17.0 Å². The van der Waals surface area contributed by atoms with Gasteiger partial charge in [-0.3, -0.25) is 0 Å². The number of nitrogens with one attached hydrogen (secondary N) is 1. The summed E-state index contributed by atoms with van der Waals surface area (Å²) in [6, 6.07) is 8.08. The van der Waals surface area contributed by atoms with Crippen LogP contribution in [0, 0.1) is 0 Å². The van der Waals surface area contributed by atoms with Crippen molar-refractivity contribution < 1.29 is 0 Å². The minimum absolute atomic E-state index is 0.0773. The number of anilines is 1. The molecule has 1 aromatic carbocycles. The first-order valence-corrected chi connectivity index (χ1v) is 5.17. The lowest BCUT2D eigenvalue weighted by molar-refractivity contribution is 0.530. The summed E-state index contributed by atoms with van der Waals surface area (Å²) >= 11 is 0.